The molecule has 0 unspecified atom stereocenters. The first-order valence-electron chi connectivity index (χ1n) is 4.35. The van der Waals surface area contributed by atoms with Crippen LogP contribution in [0.15, 0.2) is 16.7 Å². The van der Waals surface area contributed by atoms with E-state index in [1.54, 1.807) is 13.0 Å². The SMILES string of the molecule is Cc1cnc(NCC(F)(F)C(F)F)c(Br)c1. The predicted molar refractivity (Wildman–Crippen MR) is 56.1 cm³/mol. The first-order chi connectivity index (χ1) is 7.33. The van der Waals surface area contributed by atoms with E-state index in [0.29, 0.717) is 4.47 Å². The van der Waals surface area contributed by atoms with Crippen molar-refractivity contribution in [3.05, 3.63) is 22.3 Å². The molecular weight excluding hydrogens is 292 g/mol. The number of alkyl halides is 4. The lowest BCUT2D eigenvalue weighted by Gasteiger charge is -2.16. The highest BCUT2D eigenvalue weighted by molar-refractivity contribution is 9.10. The van der Waals surface area contributed by atoms with Gasteiger partial charge >= 0.3 is 12.3 Å². The van der Waals surface area contributed by atoms with Crippen molar-refractivity contribution in [2.45, 2.75) is 19.3 Å². The van der Waals surface area contributed by atoms with Crippen LogP contribution in [0.4, 0.5) is 23.4 Å². The zero-order valence-electron chi connectivity index (χ0n) is 8.28. The molecule has 0 aliphatic heterocycles. The quantitative estimate of drug-likeness (QED) is 0.861. The normalized spacial score (nSPS) is 11.9. The van der Waals surface area contributed by atoms with Crippen LogP contribution in [0.25, 0.3) is 0 Å². The third-order valence-corrected chi connectivity index (χ3v) is 2.39. The number of aryl methyl sites for hydroxylation is 1. The van der Waals surface area contributed by atoms with Crippen molar-refractivity contribution in [3.63, 3.8) is 0 Å². The van der Waals surface area contributed by atoms with Gasteiger partial charge in [-0.15, -0.1) is 0 Å². The molecule has 0 aliphatic carbocycles. The fourth-order valence-electron chi connectivity index (χ4n) is 0.942. The van der Waals surface area contributed by atoms with Gasteiger partial charge in [-0.2, -0.15) is 8.78 Å². The molecule has 0 radical (unpaired) electrons. The topological polar surface area (TPSA) is 24.9 Å². The molecule has 0 bridgehead atoms. The first kappa shape index (κ1) is 13.2. The smallest absolute Gasteiger partial charge is 0.324 e. The first-order valence-corrected chi connectivity index (χ1v) is 5.14. The predicted octanol–water partition coefficient (Wildman–Crippen LogP) is 3.46. The third-order valence-electron chi connectivity index (χ3n) is 1.79. The van der Waals surface area contributed by atoms with Crippen LogP contribution in [0, 0.1) is 6.92 Å². The molecule has 0 fully saturated rings. The third kappa shape index (κ3) is 3.33. The maximum absolute atomic E-state index is 12.6. The number of pyridine rings is 1. The number of anilines is 1. The minimum absolute atomic E-state index is 0.117. The van der Waals surface area contributed by atoms with E-state index < -0.39 is 18.9 Å². The Labute approximate surface area is 98.2 Å². The van der Waals surface area contributed by atoms with Crippen molar-refractivity contribution >= 4 is 21.7 Å². The van der Waals surface area contributed by atoms with Gasteiger partial charge in [-0.05, 0) is 34.5 Å². The standard InChI is InChI=1S/C9H9BrF4N2/c1-5-2-6(10)7(15-3-5)16-4-9(13,14)8(11)12/h2-3,8H,4H2,1H3,(H,15,16). The minimum atomic E-state index is -4.06. The maximum atomic E-state index is 12.6. The zero-order valence-corrected chi connectivity index (χ0v) is 9.86. The van der Waals surface area contributed by atoms with Gasteiger partial charge in [-0.3, -0.25) is 0 Å². The Morgan fingerprint density at radius 2 is 2.12 bits per heavy atom. The summed E-state index contributed by atoms with van der Waals surface area (Å²) >= 11 is 3.09. The second-order valence-corrected chi connectivity index (χ2v) is 4.11. The molecule has 1 aromatic heterocycles. The van der Waals surface area contributed by atoms with Crippen LogP contribution < -0.4 is 5.32 Å². The Morgan fingerprint density at radius 1 is 1.50 bits per heavy atom. The fraction of sp³-hybridized carbons (Fsp3) is 0.444. The van der Waals surface area contributed by atoms with Crippen molar-refractivity contribution in [2.75, 3.05) is 11.9 Å². The number of halogens is 5. The highest BCUT2D eigenvalue weighted by Crippen LogP contribution is 2.25. The summed E-state index contributed by atoms with van der Waals surface area (Å²) < 4.78 is 49.3. The van der Waals surface area contributed by atoms with Gasteiger partial charge in [0.05, 0.1) is 11.0 Å². The molecule has 0 amide bonds. The van der Waals surface area contributed by atoms with Crippen LogP contribution >= 0.6 is 15.9 Å². The molecule has 0 saturated carbocycles. The summed E-state index contributed by atoms with van der Waals surface area (Å²) in [5, 5.41) is 2.17. The van der Waals surface area contributed by atoms with Crippen LogP contribution in [0.1, 0.15) is 5.56 Å². The molecule has 16 heavy (non-hydrogen) atoms. The lowest BCUT2D eigenvalue weighted by atomic mass is 10.3. The molecule has 1 aromatic rings. The number of nitrogens with zero attached hydrogens (tertiary/aromatic N) is 1. The molecule has 2 nitrogen and oxygen atoms in total. The van der Waals surface area contributed by atoms with Crippen LogP contribution in [0.2, 0.25) is 0 Å². The van der Waals surface area contributed by atoms with E-state index in [1.165, 1.54) is 6.20 Å². The molecule has 0 aromatic carbocycles. The molecular formula is C9H9BrF4N2. The Hall–Kier alpha value is -0.850. The second kappa shape index (κ2) is 4.99. The molecule has 0 aliphatic rings. The number of hydrogen-bond acceptors (Lipinski definition) is 2. The second-order valence-electron chi connectivity index (χ2n) is 3.26. The van der Waals surface area contributed by atoms with Crippen LogP contribution in [0.5, 0.6) is 0 Å². The average molecular weight is 301 g/mol. The van der Waals surface area contributed by atoms with Gasteiger partial charge in [0, 0.05) is 6.20 Å². The summed E-state index contributed by atoms with van der Waals surface area (Å²) in [6, 6.07) is 1.65. The number of hydrogen-bond donors (Lipinski definition) is 1. The molecule has 1 rings (SSSR count). The van der Waals surface area contributed by atoms with Crippen molar-refractivity contribution < 1.29 is 17.6 Å². The summed E-state index contributed by atoms with van der Waals surface area (Å²) in [5.41, 5.74) is 0.832. The van der Waals surface area contributed by atoms with Crippen LogP contribution in [-0.4, -0.2) is 23.9 Å². The summed E-state index contributed by atoms with van der Waals surface area (Å²) in [5.74, 6) is -3.95. The molecule has 0 spiro atoms. The van der Waals surface area contributed by atoms with Gasteiger partial charge < -0.3 is 5.32 Å². The number of aromatic nitrogens is 1. The van der Waals surface area contributed by atoms with E-state index in [-0.39, 0.29) is 5.82 Å². The average Bonchev–Trinajstić information content (AvgIpc) is 2.16. The monoisotopic (exact) mass is 300 g/mol. The van der Waals surface area contributed by atoms with Gasteiger partial charge in [0.1, 0.15) is 5.82 Å². The highest BCUT2D eigenvalue weighted by Gasteiger charge is 2.40. The van der Waals surface area contributed by atoms with Crippen molar-refractivity contribution in [1.82, 2.24) is 4.98 Å². The highest BCUT2D eigenvalue weighted by atomic mass is 79.9. The Morgan fingerprint density at radius 3 is 2.62 bits per heavy atom. The zero-order chi connectivity index (χ0) is 12.3. The Bertz CT molecular complexity index is 371. The maximum Gasteiger partial charge on any atom is 0.324 e. The van der Waals surface area contributed by atoms with Crippen molar-refractivity contribution in [2.24, 2.45) is 0 Å². The van der Waals surface area contributed by atoms with E-state index in [9.17, 15) is 17.6 Å². The summed E-state index contributed by atoms with van der Waals surface area (Å²) in [4.78, 5) is 3.80. The van der Waals surface area contributed by atoms with E-state index in [4.69, 9.17) is 0 Å². The fourth-order valence-corrected chi connectivity index (χ4v) is 1.55. The summed E-state index contributed by atoms with van der Waals surface area (Å²) in [7, 11) is 0. The van der Waals surface area contributed by atoms with E-state index in [0.717, 1.165) is 5.56 Å². The van der Waals surface area contributed by atoms with E-state index in [1.807, 2.05) is 0 Å². The lowest BCUT2D eigenvalue weighted by Crippen LogP contribution is -2.35. The van der Waals surface area contributed by atoms with Gasteiger partial charge in [-0.1, -0.05) is 0 Å². The van der Waals surface area contributed by atoms with Gasteiger partial charge in [-0.25, -0.2) is 13.8 Å². The van der Waals surface area contributed by atoms with E-state index >= 15 is 0 Å². The molecule has 0 atom stereocenters. The van der Waals surface area contributed by atoms with Crippen LogP contribution in [0.3, 0.4) is 0 Å². The van der Waals surface area contributed by atoms with E-state index in [2.05, 4.69) is 26.2 Å². The van der Waals surface area contributed by atoms with Gasteiger partial charge in [0.25, 0.3) is 0 Å². The molecule has 90 valence electrons. The Balaban J connectivity index is 2.68. The molecule has 1 N–H and O–H groups in total. The molecule has 0 saturated heterocycles. The molecule has 7 heteroatoms. The van der Waals surface area contributed by atoms with Crippen LogP contribution in [-0.2, 0) is 0 Å². The van der Waals surface area contributed by atoms with Gasteiger partial charge in [0.2, 0.25) is 0 Å². The summed E-state index contributed by atoms with van der Waals surface area (Å²) in [6.45, 7) is 0.620. The molecule has 1 heterocycles. The Kier molecular flexibility index (Phi) is 4.12. The minimum Gasteiger partial charge on any atom is -0.363 e. The number of rotatable bonds is 4. The number of nitrogens with one attached hydrogen (secondary N) is 1. The van der Waals surface area contributed by atoms with Crippen molar-refractivity contribution in [1.29, 1.82) is 0 Å². The summed E-state index contributed by atoms with van der Waals surface area (Å²) in [6.07, 6.45) is -2.24. The lowest BCUT2D eigenvalue weighted by molar-refractivity contribution is -0.117. The van der Waals surface area contributed by atoms with Crippen molar-refractivity contribution in [3.8, 4) is 0 Å². The largest absolute Gasteiger partial charge is 0.363 e. The van der Waals surface area contributed by atoms with Gasteiger partial charge in [0.15, 0.2) is 0 Å².